The second kappa shape index (κ2) is 6.76. The molecule has 0 bridgehead atoms. The number of ether oxygens (including phenoxy) is 1. The summed E-state index contributed by atoms with van der Waals surface area (Å²) in [6.07, 6.45) is 2.98. The Morgan fingerprint density at radius 3 is 2.62 bits per heavy atom. The van der Waals surface area contributed by atoms with E-state index in [1.165, 1.54) is 13.2 Å². The van der Waals surface area contributed by atoms with E-state index in [0.717, 1.165) is 25.7 Å². The van der Waals surface area contributed by atoms with E-state index in [-0.39, 0.29) is 28.6 Å². The van der Waals surface area contributed by atoms with Gasteiger partial charge in [-0.3, -0.25) is 14.9 Å². The van der Waals surface area contributed by atoms with Crippen molar-refractivity contribution in [1.29, 1.82) is 0 Å². The lowest BCUT2D eigenvalue weighted by Crippen LogP contribution is -2.30. The first-order valence-corrected chi connectivity index (χ1v) is 7.18. The number of carbonyl (C=O) groups excluding carboxylic acids is 1. The second-order valence-corrected chi connectivity index (χ2v) is 5.52. The highest BCUT2D eigenvalue weighted by atomic mass is 35.5. The van der Waals surface area contributed by atoms with Crippen LogP contribution in [-0.4, -0.2) is 24.0 Å². The van der Waals surface area contributed by atoms with E-state index in [1.807, 2.05) is 0 Å². The molecule has 7 heteroatoms. The fourth-order valence-corrected chi connectivity index (χ4v) is 2.92. The van der Waals surface area contributed by atoms with Gasteiger partial charge in [0, 0.05) is 6.04 Å². The maximum atomic E-state index is 11.5. The molecule has 0 aliphatic heterocycles. The van der Waals surface area contributed by atoms with Crippen LogP contribution in [0.1, 0.15) is 25.7 Å². The van der Waals surface area contributed by atoms with Gasteiger partial charge in [0.1, 0.15) is 10.7 Å². The van der Waals surface area contributed by atoms with Crippen LogP contribution in [0.15, 0.2) is 18.2 Å². The SMILES string of the molecule is COC(=O)C1CCC(Nc2cccc(Cl)c2[N+](=O)[O-])CC1. The van der Waals surface area contributed by atoms with E-state index in [0.29, 0.717) is 5.69 Å². The number of carbonyl (C=O) groups is 1. The van der Waals surface area contributed by atoms with Gasteiger partial charge in [-0.05, 0) is 37.8 Å². The molecule has 1 aliphatic carbocycles. The lowest BCUT2D eigenvalue weighted by Gasteiger charge is -2.28. The van der Waals surface area contributed by atoms with Crippen LogP contribution < -0.4 is 5.32 Å². The summed E-state index contributed by atoms with van der Waals surface area (Å²) in [6.45, 7) is 0. The van der Waals surface area contributed by atoms with Crippen LogP contribution in [0.25, 0.3) is 0 Å². The zero-order valence-corrected chi connectivity index (χ0v) is 12.4. The van der Waals surface area contributed by atoms with E-state index in [4.69, 9.17) is 16.3 Å². The number of halogens is 1. The Morgan fingerprint density at radius 2 is 2.05 bits per heavy atom. The normalized spacial score (nSPS) is 21.6. The third kappa shape index (κ3) is 3.64. The summed E-state index contributed by atoms with van der Waals surface area (Å²) in [5, 5.41) is 14.4. The Bertz CT molecular complexity index is 542. The molecule has 1 saturated carbocycles. The van der Waals surface area contributed by atoms with Crippen molar-refractivity contribution < 1.29 is 14.5 Å². The topological polar surface area (TPSA) is 81.5 Å². The van der Waals surface area contributed by atoms with Crippen molar-refractivity contribution in [2.24, 2.45) is 5.92 Å². The summed E-state index contributed by atoms with van der Waals surface area (Å²) in [4.78, 5) is 22.1. The fraction of sp³-hybridized carbons (Fsp3) is 0.500. The summed E-state index contributed by atoms with van der Waals surface area (Å²) in [6, 6.07) is 4.93. The molecule has 0 spiro atoms. The maximum absolute atomic E-state index is 11.5. The molecule has 1 aromatic carbocycles. The van der Waals surface area contributed by atoms with E-state index in [9.17, 15) is 14.9 Å². The molecule has 0 unspecified atom stereocenters. The van der Waals surface area contributed by atoms with Crippen LogP contribution in [-0.2, 0) is 9.53 Å². The van der Waals surface area contributed by atoms with Gasteiger partial charge in [0.15, 0.2) is 0 Å². The first kappa shape index (κ1) is 15.6. The second-order valence-electron chi connectivity index (χ2n) is 5.11. The molecule has 0 saturated heterocycles. The summed E-state index contributed by atoms with van der Waals surface area (Å²) in [7, 11) is 1.39. The van der Waals surface area contributed by atoms with E-state index in [1.54, 1.807) is 12.1 Å². The molecule has 0 aromatic heterocycles. The van der Waals surface area contributed by atoms with Crippen molar-refractivity contribution in [3.8, 4) is 0 Å². The number of hydrogen-bond donors (Lipinski definition) is 1. The number of nitro benzene ring substituents is 1. The van der Waals surface area contributed by atoms with Crippen LogP contribution in [0.2, 0.25) is 5.02 Å². The van der Waals surface area contributed by atoms with Gasteiger partial charge in [-0.1, -0.05) is 17.7 Å². The van der Waals surface area contributed by atoms with Crippen molar-refractivity contribution in [1.82, 2.24) is 0 Å². The molecular formula is C14H17ClN2O4. The van der Waals surface area contributed by atoms with Gasteiger partial charge in [0.2, 0.25) is 0 Å². The van der Waals surface area contributed by atoms with Gasteiger partial charge >= 0.3 is 11.7 Å². The predicted molar refractivity (Wildman–Crippen MR) is 79.5 cm³/mol. The maximum Gasteiger partial charge on any atom is 0.310 e. The smallest absolute Gasteiger partial charge is 0.310 e. The number of esters is 1. The van der Waals surface area contributed by atoms with Crippen molar-refractivity contribution in [3.05, 3.63) is 33.3 Å². The van der Waals surface area contributed by atoms with Gasteiger partial charge in [-0.25, -0.2) is 0 Å². The molecule has 1 aromatic rings. The summed E-state index contributed by atoms with van der Waals surface area (Å²) in [5.74, 6) is -0.246. The van der Waals surface area contributed by atoms with Gasteiger partial charge in [-0.15, -0.1) is 0 Å². The van der Waals surface area contributed by atoms with E-state index in [2.05, 4.69) is 5.32 Å². The number of anilines is 1. The molecule has 0 amide bonds. The van der Waals surface area contributed by atoms with Crippen molar-refractivity contribution >= 4 is 28.9 Å². The summed E-state index contributed by atoms with van der Waals surface area (Å²) in [5.41, 5.74) is 0.322. The van der Waals surface area contributed by atoms with Crippen LogP contribution in [0.3, 0.4) is 0 Å². The fourth-order valence-electron chi connectivity index (χ4n) is 2.68. The first-order valence-electron chi connectivity index (χ1n) is 6.80. The van der Waals surface area contributed by atoms with E-state index < -0.39 is 4.92 Å². The average Bonchev–Trinajstić information content (AvgIpc) is 2.47. The molecular weight excluding hydrogens is 296 g/mol. The molecule has 1 aliphatic rings. The standard InChI is InChI=1S/C14H17ClN2O4/c1-21-14(18)9-5-7-10(8-6-9)16-12-4-2-3-11(15)13(12)17(19)20/h2-4,9-10,16H,5-8H2,1H3. The third-order valence-electron chi connectivity index (χ3n) is 3.79. The van der Waals surface area contributed by atoms with Crippen molar-refractivity contribution in [3.63, 3.8) is 0 Å². The molecule has 21 heavy (non-hydrogen) atoms. The van der Waals surface area contributed by atoms with Crippen molar-refractivity contribution in [2.75, 3.05) is 12.4 Å². The molecule has 1 N–H and O–H groups in total. The number of nitro groups is 1. The minimum absolute atomic E-state index is 0.0672. The first-order chi connectivity index (χ1) is 10.0. The molecule has 114 valence electrons. The van der Waals surface area contributed by atoms with Crippen molar-refractivity contribution in [2.45, 2.75) is 31.7 Å². The number of hydrogen-bond acceptors (Lipinski definition) is 5. The number of nitrogens with zero attached hydrogens (tertiary/aromatic N) is 1. The lowest BCUT2D eigenvalue weighted by atomic mass is 9.86. The van der Waals surface area contributed by atoms with Gasteiger partial charge in [0.05, 0.1) is 18.0 Å². The van der Waals surface area contributed by atoms with Crippen LogP contribution >= 0.6 is 11.6 Å². The highest BCUT2D eigenvalue weighted by molar-refractivity contribution is 6.33. The quantitative estimate of drug-likeness (QED) is 0.523. The number of methoxy groups -OCH3 is 1. The minimum atomic E-state index is -0.481. The molecule has 6 nitrogen and oxygen atoms in total. The monoisotopic (exact) mass is 312 g/mol. The van der Waals surface area contributed by atoms with Gasteiger partial charge < -0.3 is 10.1 Å². The zero-order valence-electron chi connectivity index (χ0n) is 11.7. The number of benzene rings is 1. The largest absolute Gasteiger partial charge is 0.469 e. The zero-order chi connectivity index (χ0) is 15.4. The third-order valence-corrected chi connectivity index (χ3v) is 4.10. The Kier molecular flexibility index (Phi) is 5.01. The Labute approximate surface area is 127 Å². The van der Waals surface area contributed by atoms with Gasteiger partial charge in [0.25, 0.3) is 0 Å². The highest BCUT2D eigenvalue weighted by Crippen LogP contribution is 2.35. The Balaban J connectivity index is 2.03. The highest BCUT2D eigenvalue weighted by Gasteiger charge is 2.28. The summed E-state index contributed by atoms with van der Waals surface area (Å²) >= 11 is 5.88. The average molecular weight is 313 g/mol. The predicted octanol–water partition coefficient (Wildman–Crippen LogP) is 3.39. The number of nitrogens with one attached hydrogen (secondary N) is 1. The molecule has 0 radical (unpaired) electrons. The molecule has 0 heterocycles. The Morgan fingerprint density at radius 1 is 1.38 bits per heavy atom. The Hall–Kier alpha value is -1.82. The molecule has 2 rings (SSSR count). The number of rotatable bonds is 4. The lowest BCUT2D eigenvalue weighted by molar-refractivity contribution is -0.383. The number of para-hydroxylation sites is 1. The van der Waals surface area contributed by atoms with Crippen LogP contribution in [0, 0.1) is 16.0 Å². The van der Waals surface area contributed by atoms with Gasteiger partial charge in [-0.2, -0.15) is 0 Å². The molecule has 1 fully saturated rings. The summed E-state index contributed by atoms with van der Waals surface area (Å²) < 4.78 is 4.74. The molecule has 0 atom stereocenters. The van der Waals surface area contributed by atoms with Crippen LogP contribution in [0.5, 0.6) is 0 Å². The minimum Gasteiger partial charge on any atom is -0.469 e. The van der Waals surface area contributed by atoms with E-state index >= 15 is 0 Å². The van der Waals surface area contributed by atoms with Crippen LogP contribution in [0.4, 0.5) is 11.4 Å².